The molecule has 3 aromatic rings. The first-order chi connectivity index (χ1) is 15.7. The third-order valence-electron chi connectivity index (χ3n) is 5.32. The van der Waals surface area contributed by atoms with Gasteiger partial charge in [0.25, 0.3) is 0 Å². The molecule has 0 fully saturated rings. The minimum atomic E-state index is -3.91. The molecule has 0 amide bonds. The smallest absolute Gasteiger partial charge is 0.243 e. The van der Waals surface area contributed by atoms with E-state index in [2.05, 4.69) is 24.9 Å². The van der Waals surface area contributed by atoms with Gasteiger partial charge in [0.2, 0.25) is 16.0 Å². The van der Waals surface area contributed by atoms with Gasteiger partial charge in [-0.2, -0.15) is 0 Å². The number of hydrogen-bond donors (Lipinski definition) is 1. The molecule has 0 aliphatic carbocycles. The van der Waals surface area contributed by atoms with E-state index in [0.717, 1.165) is 5.69 Å². The first-order valence-corrected chi connectivity index (χ1v) is 11.7. The Balaban J connectivity index is 2.04. The molecule has 2 heterocycles. The fourth-order valence-electron chi connectivity index (χ4n) is 3.26. The highest BCUT2D eigenvalue weighted by molar-refractivity contribution is 7.93. The third-order valence-corrected chi connectivity index (χ3v) is 7.18. The van der Waals surface area contributed by atoms with Crippen LogP contribution in [0.1, 0.15) is 37.0 Å². The normalized spacial score (nSPS) is 13.4. The Labute approximate surface area is 193 Å². The van der Waals surface area contributed by atoms with Crippen LogP contribution in [0.2, 0.25) is 0 Å². The molecule has 2 atom stereocenters. The van der Waals surface area contributed by atoms with Crippen molar-refractivity contribution < 1.29 is 22.6 Å². The molecule has 33 heavy (non-hydrogen) atoms. The zero-order valence-corrected chi connectivity index (χ0v) is 20.3. The van der Waals surface area contributed by atoms with Crippen molar-refractivity contribution in [2.24, 2.45) is 0 Å². The molecule has 1 N–H and O–H groups in total. The molecule has 0 saturated carbocycles. The van der Waals surface area contributed by atoms with Crippen LogP contribution < -0.4 is 14.2 Å². The molecular formula is C21H28N6O5S. The van der Waals surface area contributed by atoms with Crippen LogP contribution in [0.3, 0.4) is 0 Å². The lowest BCUT2D eigenvalue weighted by atomic mass is 10.1. The van der Waals surface area contributed by atoms with E-state index >= 15 is 0 Å². The Kier molecular flexibility index (Phi) is 7.49. The number of sulfonamides is 1. The van der Waals surface area contributed by atoms with Crippen molar-refractivity contribution in [1.29, 1.82) is 0 Å². The minimum Gasteiger partial charge on any atom is -0.494 e. The number of rotatable bonds is 10. The molecule has 3 rings (SSSR count). The van der Waals surface area contributed by atoms with E-state index in [9.17, 15) is 8.42 Å². The Bertz CT molecular complexity index is 1170. The van der Waals surface area contributed by atoms with Crippen LogP contribution in [0.25, 0.3) is 5.69 Å². The van der Waals surface area contributed by atoms with Gasteiger partial charge in [-0.25, -0.2) is 8.42 Å². The predicted molar refractivity (Wildman–Crippen MR) is 122 cm³/mol. The SMILES string of the molecule is COCc1nnc(NS(=O)(=O)C(C)C(C)c2cnc(C)cn2)n1-c1c(OC)cccc1OC. The van der Waals surface area contributed by atoms with Crippen LogP contribution in [-0.4, -0.2) is 59.7 Å². The molecule has 2 unspecified atom stereocenters. The number of ether oxygens (including phenoxy) is 3. The molecule has 0 saturated heterocycles. The Morgan fingerprint density at radius 2 is 1.70 bits per heavy atom. The average molecular weight is 477 g/mol. The van der Waals surface area contributed by atoms with Gasteiger partial charge < -0.3 is 14.2 Å². The monoisotopic (exact) mass is 476 g/mol. The van der Waals surface area contributed by atoms with Gasteiger partial charge in [-0.05, 0) is 26.0 Å². The van der Waals surface area contributed by atoms with Crippen molar-refractivity contribution >= 4 is 16.0 Å². The third kappa shape index (κ3) is 5.06. The van der Waals surface area contributed by atoms with Crippen molar-refractivity contribution in [2.45, 2.75) is 38.5 Å². The van der Waals surface area contributed by atoms with Gasteiger partial charge in [-0.15, -0.1) is 10.2 Å². The van der Waals surface area contributed by atoms with E-state index in [0.29, 0.717) is 28.7 Å². The van der Waals surface area contributed by atoms with Gasteiger partial charge in [-0.3, -0.25) is 19.3 Å². The summed E-state index contributed by atoms with van der Waals surface area (Å²) in [5.74, 6) is 0.819. The van der Waals surface area contributed by atoms with Gasteiger partial charge >= 0.3 is 0 Å². The number of aromatic nitrogens is 5. The number of benzene rings is 1. The van der Waals surface area contributed by atoms with E-state index < -0.39 is 21.2 Å². The number of nitrogens with zero attached hydrogens (tertiary/aromatic N) is 5. The van der Waals surface area contributed by atoms with Crippen molar-refractivity contribution in [2.75, 3.05) is 26.1 Å². The topological polar surface area (TPSA) is 130 Å². The van der Waals surface area contributed by atoms with Crippen LogP contribution in [0.5, 0.6) is 11.5 Å². The molecule has 0 aliphatic heterocycles. The maximum atomic E-state index is 13.3. The minimum absolute atomic E-state index is 0.0149. The fraction of sp³-hybridized carbons (Fsp3) is 0.429. The van der Waals surface area contributed by atoms with Crippen molar-refractivity contribution in [3.63, 3.8) is 0 Å². The number of anilines is 1. The summed E-state index contributed by atoms with van der Waals surface area (Å²) in [6.07, 6.45) is 3.20. The molecule has 12 heteroatoms. The first-order valence-electron chi connectivity index (χ1n) is 10.2. The highest BCUT2D eigenvalue weighted by Crippen LogP contribution is 2.36. The summed E-state index contributed by atoms with van der Waals surface area (Å²) >= 11 is 0. The highest BCUT2D eigenvalue weighted by Gasteiger charge is 2.31. The standard InChI is InChI=1S/C21H28N6O5S/c1-13-10-23-16(11-22-13)14(2)15(3)33(28,29)26-21-25-24-19(12-30-4)27(21)20-17(31-5)8-7-9-18(20)32-6/h7-11,14-15H,12H2,1-6H3,(H,25,26). The zero-order chi connectivity index (χ0) is 24.2. The molecule has 0 bridgehead atoms. The highest BCUT2D eigenvalue weighted by atomic mass is 32.2. The fourth-order valence-corrected chi connectivity index (χ4v) is 4.51. The molecule has 1 aromatic carbocycles. The predicted octanol–water partition coefficient (Wildman–Crippen LogP) is 2.46. The second-order valence-electron chi connectivity index (χ2n) is 7.44. The lowest BCUT2D eigenvalue weighted by Gasteiger charge is -2.21. The van der Waals surface area contributed by atoms with Crippen molar-refractivity contribution in [1.82, 2.24) is 24.7 Å². The molecular weight excluding hydrogens is 448 g/mol. The maximum Gasteiger partial charge on any atom is 0.243 e. The molecule has 11 nitrogen and oxygen atoms in total. The molecule has 0 spiro atoms. The van der Waals surface area contributed by atoms with Crippen LogP contribution >= 0.6 is 0 Å². The van der Waals surface area contributed by atoms with Crippen molar-refractivity contribution in [3.8, 4) is 17.2 Å². The first kappa shape index (κ1) is 24.4. The van der Waals surface area contributed by atoms with E-state index in [-0.39, 0.29) is 12.6 Å². The van der Waals surface area contributed by atoms with Gasteiger partial charge in [-0.1, -0.05) is 13.0 Å². The van der Waals surface area contributed by atoms with Crippen molar-refractivity contribution in [3.05, 3.63) is 47.8 Å². The number of hydrogen-bond acceptors (Lipinski definition) is 9. The summed E-state index contributed by atoms with van der Waals surface area (Å²) in [5.41, 5.74) is 1.78. The summed E-state index contributed by atoms with van der Waals surface area (Å²) in [7, 11) is 0.620. The zero-order valence-electron chi connectivity index (χ0n) is 19.4. The molecule has 178 valence electrons. The number of aryl methyl sites for hydroxylation is 1. The van der Waals surface area contributed by atoms with Gasteiger partial charge in [0.15, 0.2) is 5.82 Å². The van der Waals surface area contributed by atoms with Crippen LogP contribution in [0.4, 0.5) is 5.95 Å². The van der Waals surface area contributed by atoms with Gasteiger partial charge in [0.05, 0.1) is 30.9 Å². The number of para-hydroxylation sites is 1. The maximum absolute atomic E-state index is 13.3. The second-order valence-corrected chi connectivity index (χ2v) is 9.48. The van der Waals surface area contributed by atoms with Crippen LogP contribution in [0.15, 0.2) is 30.6 Å². The lowest BCUT2D eigenvalue weighted by Crippen LogP contribution is -2.31. The van der Waals surface area contributed by atoms with Gasteiger partial charge in [0, 0.05) is 25.4 Å². The van der Waals surface area contributed by atoms with Gasteiger partial charge in [0.1, 0.15) is 23.8 Å². The van der Waals surface area contributed by atoms with E-state index in [1.807, 2.05) is 6.92 Å². The second kappa shape index (κ2) is 10.1. The lowest BCUT2D eigenvalue weighted by molar-refractivity contribution is 0.176. The summed E-state index contributed by atoms with van der Waals surface area (Å²) in [5, 5.41) is 7.35. The van der Waals surface area contributed by atoms with Crippen LogP contribution in [0, 0.1) is 6.92 Å². The Morgan fingerprint density at radius 3 is 2.24 bits per heavy atom. The Hall–Kier alpha value is -3.25. The number of nitrogens with one attached hydrogen (secondary N) is 1. The summed E-state index contributed by atoms with van der Waals surface area (Å²) in [6.45, 7) is 5.29. The summed E-state index contributed by atoms with van der Waals surface area (Å²) < 4.78 is 46.9. The quantitative estimate of drug-likeness (QED) is 0.469. The average Bonchev–Trinajstić information content (AvgIpc) is 3.18. The largest absolute Gasteiger partial charge is 0.494 e. The van der Waals surface area contributed by atoms with E-state index in [1.165, 1.54) is 25.9 Å². The number of methoxy groups -OCH3 is 3. The van der Waals surface area contributed by atoms with E-state index in [1.54, 1.807) is 44.4 Å². The summed E-state index contributed by atoms with van der Waals surface area (Å²) in [6, 6.07) is 5.22. The van der Waals surface area contributed by atoms with Crippen LogP contribution in [-0.2, 0) is 21.4 Å². The molecule has 0 radical (unpaired) electrons. The van der Waals surface area contributed by atoms with E-state index in [4.69, 9.17) is 14.2 Å². The molecule has 0 aliphatic rings. The molecule has 2 aromatic heterocycles. The summed E-state index contributed by atoms with van der Waals surface area (Å²) in [4.78, 5) is 8.54. The Morgan fingerprint density at radius 1 is 1.03 bits per heavy atom.